The molecule has 1 amide bonds. The van der Waals surface area contributed by atoms with Crippen LogP contribution in [0.1, 0.15) is 16.8 Å². The lowest BCUT2D eigenvalue weighted by Crippen LogP contribution is -2.26. The highest BCUT2D eigenvalue weighted by Gasteiger charge is 2.19. The Hall–Kier alpha value is -2.55. The third-order valence-corrected chi connectivity index (χ3v) is 3.89. The maximum absolute atomic E-state index is 12.2. The van der Waals surface area contributed by atoms with Gasteiger partial charge in [-0.3, -0.25) is 14.9 Å². The average Bonchev–Trinajstić information content (AvgIpc) is 2.66. The Balaban J connectivity index is 0.00000392. The van der Waals surface area contributed by atoms with Crippen molar-refractivity contribution in [2.45, 2.75) is 6.42 Å². The molecule has 2 rings (SSSR count). The zero-order valence-electron chi connectivity index (χ0n) is 15.4. The summed E-state index contributed by atoms with van der Waals surface area (Å²) in [7, 11) is 3.27. The number of hydrogen-bond acceptors (Lipinski definition) is 6. The first-order valence-corrected chi connectivity index (χ1v) is 8.56. The number of halogens is 2. The predicted octanol–water partition coefficient (Wildman–Crippen LogP) is 3.81. The highest BCUT2D eigenvalue weighted by molar-refractivity contribution is 6.30. The van der Waals surface area contributed by atoms with Crippen LogP contribution in [0.2, 0.25) is 5.02 Å². The van der Waals surface area contributed by atoms with E-state index in [2.05, 4.69) is 10.6 Å². The van der Waals surface area contributed by atoms with Crippen molar-refractivity contribution in [3.8, 4) is 17.2 Å². The standard InChI is InChI=1S/C18H20ClN3O5.ClH/c1-20-8-3-9-21-18(23)12-4-6-16(17(10-12)26-2)27-15-7-5-13(19)11-14(15)22(24)25;/h4-7,10-11,20H,3,8-9H2,1-2H3,(H,21,23);1H. The second-order valence-electron chi connectivity index (χ2n) is 5.55. The number of hydrogen-bond donors (Lipinski definition) is 2. The molecule has 0 atom stereocenters. The number of nitro groups is 1. The number of methoxy groups -OCH3 is 1. The van der Waals surface area contributed by atoms with Crippen LogP contribution in [0, 0.1) is 10.1 Å². The summed E-state index contributed by atoms with van der Waals surface area (Å²) in [6.45, 7) is 1.34. The molecule has 0 bridgehead atoms. The van der Waals surface area contributed by atoms with Crippen LogP contribution in [0.3, 0.4) is 0 Å². The molecule has 0 unspecified atom stereocenters. The summed E-state index contributed by atoms with van der Waals surface area (Å²) >= 11 is 5.81. The zero-order valence-corrected chi connectivity index (χ0v) is 16.9. The molecule has 2 N–H and O–H groups in total. The van der Waals surface area contributed by atoms with Gasteiger partial charge in [0.25, 0.3) is 5.91 Å². The topological polar surface area (TPSA) is 103 Å². The number of amides is 1. The van der Waals surface area contributed by atoms with Crippen molar-refractivity contribution in [1.29, 1.82) is 0 Å². The highest BCUT2D eigenvalue weighted by atomic mass is 35.5. The molecule has 10 heteroatoms. The van der Waals surface area contributed by atoms with Gasteiger partial charge in [0, 0.05) is 23.2 Å². The molecule has 0 aromatic heterocycles. The van der Waals surface area contributed by atoms with Crippen LogP contribution in [0.4, 0.5) is 5.69 Å². The molecule has 2 aromatic rings. The molecule has 0 heterocycles. The minimum absolute atomic E-state index is 0. The second kappa shape index (κ2) is 11.3. The van der Waals surface area contributed by atoms with Gasteiger partial charge in [-0.2, -0.15) is 0 Å². The van der Waals surface area contributed by atoms with Gasteiger partial charge in [-0.1, -0.05) is 11.6 Å². The van der Waals surface area contributed by atoms with E-state index in [0.717, 1.165) is 13.0 Å². The van der Waals surface area contributed by atoms with Crippen LogP contribution in [-0.4, -0.2) is 38.1 Å². The fourth-order valence-electron chi connectivity index (χ4n) is 2.30. The van der Waals surface area contributed by atoms with Crippen molar-refractivity contribution >= 4 is 35.6 Å². The Bertz CT molecular complexity index is 833. The summed E-state index contributed by atoms with van der Waals surface area (Å²) in [6.07, 6.45) is 0.806. The Labute approximate surface area is 173 Å². The van der Waals surface area contributed by atoms with Crippen LogP contribution in [0.5, 0.6) is 17.2 Å². The summed E-state index contributed by atoms with van der Waals surface area (Å²) in [5, 5.41) is 17.2. The Kier molecular flexibility index (Phi) is 9.50. The van der Waals surface area contributed by atoms with Crippen LogP contribution >= 0.6 is 24.0 Å². The zero-order chi connectivity index (χ0) is 19.8. The SMILES string of the molecule is CNCCCNC(=O)c1ccc(Oc2ccc(Cl)cc2[N+](=O)[O-])c(OC)c1.Cl. The van der Waals surface area contributed by atoms with E-state index in [4.69, 9.17) is 21.1 Å². The van der Waals surface area contributed by atoms with Crippen molar-refractivity contribution in [3.05, 3.63) is 57.1 Å². The third-order valence-electron chi connectivity index (χ3n) is 3.65. The molecule has 0 aliphatic carbocycles. The fraction of sp³-hybridized carbons (Fsp3) is 0.278. The smallest absolute Gasteiger partial charge is 0.313 e. The molecule has 8 nitrogen and oxygen atoms in total. The molecular weight excluding hydrogens is 409 g/mol. The van der Waals surface area contributed by atoms with Gasteiger partial charge >= 0.3 is 5.69 Å². The summed E-state index contributed by atoms with van der Waals surface area (Å²) in [5.41, 5.74) is 0.130. The fourth-order valence-corrected chi connectivity index (χ4v) is 2.47. The van der Waals surface area contributed by atoms with Gasteiger partial charge in [-0.05, 0) is 50.3 Å². The maximum atomic E-state index is 12.2. The highest BCUT2D eigenvalue weighted by Crippen LogP contribution is 2.37. The van der Waals surface area contributed by atoms with Crippen molar-refractivity contribution in [2.24, 2.45) is 0 Å². The van der Waals surface area contributed by atoms with E-state index in [1.807, 2.05) is 7.05 Å². The normalized spacial score (nSPS) is 9.96. The lowest BCUT2D eigenvalue weighted by atomic mass is 10.2. The molecule has 0 fully saturated rings. The van der Waals surface area contributed by atoms with Gasteiger partial charge in [-0.15, -0.1) is 12.4 Å². The molecule has 0 aliphatic rings. The van der Waals surface area contributed by atoms with Gasteiger partial charge in [0.2, 0.25) is 5.75 Å². The van der Waals surface area contributed by atoms with Gasteiger partial charge < -0.3 is 20.1 Å². The van der Waals surface area contributed by atoms with E-state index < -0.39 is 4.92 Å². The Morgan fingerprint density at radius 3 is 2.50 bits per heavy atom. The Morgan fingerprint density at radius 2 is 1.86 bits per heavy atom. The number of nitro benzene ring substituents is 1. The quantitative estimate of drug-likeness (QED) is 0.356. The number of benzene rings is 2. The first-order chi connectivity index (χ1) is 13.0. The van der Waals surface area contributed by atoms with E-state index in [9.17, 15) is 14.9 Å². The van der Waals surface area contributed by atoms with Crippen molar-refractivity contribution < 1.29 is 19.2 Å². The molecule has 0 saturated heterocycles. The van der Waals surface area contributed by atoms with Gasteiger partial charge in [0.05, 0.1) is 12.0 Å². The maximum Gasteiger partial charge on any atom is 0.313 e. The number of ether oxygens (including phenoxy) is 2. The van der Waals surface area contributed by atoms with Crippen LogP contribution in [-0.2, 0) is 0 Å². The lowest BCUT2D eigenvalue weighted by Gasteiger charge is -2.12. The molecule has 28 heavy (non-hydrogen) atoms. The minimum Gasteiger partial charge on any atom is -0.493 e. The lowest BCUT2D eigenvalue weighted by molar-refractivity contribution is -0.385. The number of carbonyl (C=O) groups excluding carboxylic acids is 1. The van der Waals surface area contributed by atoms with Crippen molar-refractivity contribution in [1.82, 2.24) is 10.6 Å². The van der Waals surface area contributed by atoms with Crippen LogP contribution in [0.25, 0.3) is 0 Å². The first kappa shape index (κ1) is 23.5. The molecule has 0 spiro atoms. The first-order valence-electron chi connectivity index (χ1n) is 8.19. The summed E-state index contributed by atoms with van der Waals surface area (Å²) in [6, 6.07) is 8.71. The minimum atomic E-state index is -0.583. The van der Waals surface area contributed by atoms with E-state index in [1.54, 1.807) is 6.07 Å². The second-order valence-corrected chi connectivity index (χ2v) is 5.99. The number of rotatable bonds is 9. The van der Waals surface area contributed by atoms with Gasteiger partial charge in [-0.25, -0.2) is 0 Å². The monoisotopic (exact) mass is 429 g/mol. The number of carbonyl (C=O) groups is 1. The number of nitrogens with zero attached hydrogens (tertiary/aromatic N) is 1. The van der Waals surface area contributed by atoms with Crippen LogP contribution < -0.4 is 20.1 Å². The molecular formula is C18H21Cl2N3O5. The summed E-state index contributed by atoms with van der Waals surface area (Å²) in [5.74, 6) is 0.303. The molecule has 0 aliphatic heterocycles. The van der Waals surface area contributed by atoms with Crippen LogP contribution in [0.15, 0.2) is 36.4 Å². The van der Waals surface area contributed by atoms with E-state index in [1.165, 1.54) is 37.4 Å². The van der Waals surface area contributed by atoms with Crippen molar-refractivity contribution in [3.63, 3.8) is 0 Å². The summed E-state index contributed by atoms with van der Waals surface area (Å²) in [4.78, 5) is 22.8. The van der Waals surface area contributed by atoms with E-state index in [0.29, 0.717) is 12.1 Å². The molecule has 152 valence electrons. The van der Waals surface area contributed by atoms with E-state index >= 15 is 0 Å². The molecule has 0 saturated carbocycles. The Morgan fingerprint density at radius 1 is 1.14 bits per heavy atom. The molecule has 0 radical (unpaired) electrons. The predicted molar refractivity (Wildman–Crippen MR) is 109 cm³/mol. The van der Waals surface area contributed by atoms with Gasteiger partial charge in [0.1, 0.15) is 0 Å². The molecule has 2 aromatic carbocycles. The van der Waals surface area contributed by atoms with Crippen molar-refractivity contribution in [2.75, 3.05) is 27.2 Å². The average molecular weight is 430 g/mol. The summed E-state index contributed by atoms with van der Waals surface area (Å²) < 4.78 is 10.9. The largest absolute Gasteiger partial charge is 0.493 e. The van der Waals surface area contributed by atoms with E-state index in [-0.39, 0.29) is 46.3 Å². The third kappa shape index (κ3) is 6.26. The number of nitrogens with one attached hydrogen (secondary N) is 2. The van der Waals surface area contributed by atoms with Gasteiger partial charge in [0.15, 0.2) is 11.5 Å².